The van der Waals surface area contributed by atoms with Gasteiger partial charge in [0.25, 0.3) is 0 Å². The summed E-state index contributed by atoms with van der Waals surface area (Å²) >= 11 is 0. The predicted molar refractivity (Wildman–Crippen MR) is 81.0 cm³/mol. The molecule has 0 amide bonds. The zero-order chi connectivity index (χ0) is 20.5. The van der Waals surface area contributed by atoms with Gasteiger partial charge in [-0.3, -0.25) is 4.55 Å². The number of nitrogens with two attached hydrogens (primary N) is 1. The molecule has 0 aromatic rings. The highest BCUT2D eigenvalue weighted by molar-refractivity contribution is 7.80. The summed E-state index contributed by atoms with van der Waals surface area (Å²) in [5.41, 5.74) is 5.75. The lowest BCUT2D eigenvalue weighted by Gasteiger charge is -2.46. The first-order valence-corrected chi connectivity index (χ1v) is 9.18. The van der Waals surface area contributed by atoms with Crippen LogP contribution in [0.4, 0.5) is 0 Å². The molecule has 0 aromatic heterocycles. The SMILES string of the molecule is N[C@H]1[C@H](O[C@H]2[C@H](O)[C@H](O)O[C@@H](CO)[C@H]2O)O[C@H](CO)[C@@H](O)[C@@H]1OS(=O)(=O)O. The van der Waals surface area contributed by atoms with Crippen LogP contribution in [0.15, 0.2) is 0 Å². The van der Waals surface area contributed by atoms with Gasteiger partial charge in [0, 0.05) is 0 Å². The summed E-state index contributed by atoms with van der Waals surface area (Å²) in [7, 11) is -5.05. The molecule has 0 saturated carbocycles. The fourth-order valence-corrected chi connectivity index (χ4v) is 3.38. The van der Waals surface area contributed by atoms with Crippen molar-refractivity contribution in [3.63, 3.8) is 0 Å². The smallest absolute Gasteiger partial charge is 0.394 e. The minimum Gasteiger partial charge on any atom is -0.394 e. The molecule has 0 spiro atoms. The first-order chi connectivity index (χ1) is 12.5. The third kappa shape index (κ3) is 5.10. The third-order valence-corrected chi connectivity index (χ3v) is 4.73. The van der Waals surface area contributed by atoms with Gasteiger partial charge < -0.3 is 50.6 Å². The Kier molecular flexibility index (Phi) is 7.47. The molecule has 10 atom stereocenters. The fraction of sp³-hybridized carbons (Fsp3) is 1.00. The van der Waals surface area contributed by atoms with Gasteiger partial charge in [0.15, 0.2) is 12.6 Å². The Labute approximate surface area is 153 Å². The molecule has 9 N–H and O–H groups in total. The van der Waals surface area contributed by atoms with Gasteiger partial charge in [0.1, 0.15) is 42.7 Å². The summed E-state index contributed by atoms with van der Waals surface area (Å²) in [5, 5.41) is 58.2. The lowest BCUT2D eigenvalue weighted by molar-refractivity contribution is -0.339. The van der Waals surface area contributed by atoms with Gasteiger partial charge >= 0.3 is 10.4 Å². The minimum absolute atomic E-state index is 0.727. The van der Waals surface area contributed by atoms with E-state index in [-0.39, 0.29) is 0 Å². The summed E-state index contributed by atoms with van der Waals surface area (Å²) < 4.78 is 50.4. The Bertz CT molecular complexity index is 590. The molecular formula is C12H23NO13S. The maximum Gasteiger partial charge on any atom is 0.397 e. The Morgan fingerprint density at radius 3 is 1.93 bits per heavy atom. The first kappa shape index (κ1) is 22.8. The van der Waals surface area contributed by atoms with Gasteiger partial charge in [0.05, 0.1) is 19.3 Å². The Hall–Kier alpha value is -0.530. The van der Waals surface area contributed by atoms with Crippen molar-refractivity contribution in [3.05, 3.63) is 0 Å². The van der Waals surface area contributed by atoms with E-state index in [1.54, 1.807) is 0 Å². The summed E-state index contributed by atoms with van der Waals surface area (Å²) in [6, 6.07) is -1.57. The maximum atomic E-state index is 11.0. The van der Waals surface area contributed by atoms with Crippen molar-refractivity contribution >= 4 is 10.4 Å². The highest BCUT2D eigenvalue weighted by Crippen LogP contribution is 2.29. The summed E-state index contributed by atoms with van der Waals surface area (Å²) in [6.07, 6.45) is -14.9. The van der Waals surface area contributed by atoms with E-state index in [2.05, 4.69) is 4.18 Å². The molecule has 2 heterocycles. The van der Waals surface area contributed by atoms with Crippen molar-refractivity contribution in [3.8, 4) is 0 Å². The first-order valence-electron chi connectivity index (χ1n) is 7.81. The molecule has 2 rings (SSSR count). The molecule has 27 heavy (non-hydrogen) atoms. The van der Waals surface area contributed by atoms with Gasteiger partial charge in [-0.15, -0.1) is 0 Å². The van der Waals surface area contributed by atoms with E-state index < -0.39 is 85.0 Å². The van der Waals surface area contributed by atoms with E-state index in [1.165, 1.54) is 0 Å². The molecule has 2 aliphatic heterocycles. The fourth-order valence-electron chi connectivity index (χ4n) is 2.86. The number of rotatable bonds is 6. The second kappa shape index (κ2) is 8.87. The normalized spacial score (nSPS) is 46.4. The van der Waals surface area contributed by atoms with E-state index >= 15 is 0 Å². The van der Waals surface area contributed by atoms with Crippen LogP contribution in [-0.4, -0.2) is 118 Å². The monoisotopic (exact) mass is 421 g/mol. The lowest BCUT2D eigenvalue weighted by Crippen LogP contribution is -2.67. The van der Waals surface area contributed by atoms with E-state index in [0.29, 0.717) is 0 Å². The topological polar surface area (TPSA) is 239 Å². The van der Waals surface area contributed by atoms with Crippen molar-refractivity contribution in [2.45, 2.75) is 61.3 Å². The summed E-state index contributed by atoms with van der Waals surface area (Å²) in [5.74, 6) is 0. The Morgan fingerprint density at radius 2 is 1.41 bits per heavy atom. The van der Waals surface area contributed by atoms with Crippen molar-refractivity contribution in [2.24, 2.45) is 5.73 Å². The van der Waals surface area contributed by atoms with Gasteiger partial charge in [0.2, 0.25) is 0 Å². The van der Waals surface area contributed by atoms with Gasteiger partial charge in [-0.1, -0.05) is 0 Å². The van der Waals surface area contributed by atoms with Crippen LogP contribution in [0, 0.1) is 0 Å². The van der Waals surface area contributed by atoms with Crippen LogP contribution in [-0.2, 0) is 28.8 Å². The van der Waals surface area contributed by atoms with Crippen molar-refractivity contribution < 1.29 is 62.0 Å². The molecule has 0 aliphatic carbocycles. The maximum absolute atomic E-state index is 11.0. The second-order valence-electron chi connectivity index (χ2n) is 6.11. The number of hydrogen-bond acceptors (Lipinski definition) is 13. The Balaban J connectivity index is 2.22. The molecule has 2 aliphatic rings. The van der Waals surface area contributed by atoms with Gasteiger partial charge in [-0.25, -0.2) is 4.18 Å². The van der Waals surface area contributed by atoms with Gasteiger partial charge in [-0.2, -0.15) is 8.42 Å². The Morgan fingerprint density at radius 1 is 0.889 bits per heavy atom. The molecule has 160 valence electrons. The van der Waals surface area contributed by atoms with Crippen LogP contribution in [0.2, 0.25) is 0 Å². The second-order valence-corrected chi connectivity index (χ2v) is 7.16. The van der Waals surface area contributed by atoms with E-state index in [0.717, 1.165) is 0 Å². The zero-order valence-corrected chi connectivity index (χ0v) is 14.6. The highest BCUT2D eigenvalue weighted by Gasteiger charge is 2.51. The molecule has 15 heteroatoms. The molecule has 0 bridgehead atoms. The summed E-state index contributed by atoms with van der Waals surface area (Å²) in [6.45, 7) is -1.55. The average Bonchev–Trinajstić information content (AvgIpc) is 2.59. The zero-order valence-electron chi connectivity index (χ0n) is 13.8. The number of aliphatic hydroxyl groups excluding tert-OH is 6. The summed E-state index contributed by atoms with van der Waals surface area (Å²) in [4.78, 5) is 0. The van der Waals surface area contributed by atoms with E-state index in [4.69, 9.17) is 29.6 Å². The molecule has 14 nitrogen and oxygen atoms in total. The van der Waals surface area contributed by atoms with Crippen LogP contribution in [0.5, 0.6) is 0 Å². The molecular weight excluding hydrogens is 398 g/mol. The molecule has 0 radical (unpaired) electrons. The standard InChI is InChI=1S/C12H23NO13S/c13-5-9(26-27(20,21)22)6(16)4(2-15)24-12(5)25-10-7(17)3(1-14)23-11(19)8(10)18/h3-12,14-19H,1-2,13H2,(H,20,21,22)/t3-,4+,5+,6+,7+,8-,9+,10+,11+,12-/m0/s1. The van der Waals surface area contributed by atoms with Crippen LogP contribution in [0.1, 0.15) is 0 Å². The largest absolute Gasteiger partial charge is 0.397 e. The molecule has 0 aromatic carbocycles. The molecule has 2 fully saturated rings. The quantitative estimate of drug-likeness (QED) is 0.187. The number of aliphatic hydroxyl groups is 6. The third-order valence-electron chi connectivity index (χ3n) is 4.26. The van der Waals surface area contributed by atoms with Gasteiger partial charge in [-0.05, 0) is 0 Å². The number of hydrogen-bond donors (Lipinski definition) is 8. The predicted octanol–water partition coefficient (Wildman–Crippen LogP) is -5.60. The van der Waals surface area contributed by atoms with E-state index in [1.807, 2.05) is 0 Å². The van der Waals surface area contributed by atoms with E-state index in [9.17, 15) is 34.0 Å². The number of ether oxygens (including phenoxy) is 3. The molecule has 0 unspecified atom stereocenters. The van der Waals surface area contributed by atoms with Crippen LogP contribution >= 0.6 is 0 Å². The highest BCUT2D eigenvalue weighted by atomic mass is 32.3. The van der Waals surface area contributed by atoms with Crippen molar-refractivity contribution in [1.29, 1.82) is 0 Å². The van der Waals surface area contributed by atoms with Crippen molar-refractivity contribution in [2.75, 3.05) is 13.2 Å². The average molecular weight is 421 g/mol. The minimum atomic E-state index is -5.05. The van der Waals surface area contributed by atoms with Crippen LogP contribution in [0.25, 0.3) is 0 Å². The van der Waals surface area contributed by atoms with Crippen LogP contribution < -0.4 is 5.73 Å². The van der Waals surface area contributed by atoms with Crippen molar-refractivity contribution in [1.82, 2.24) is 0 Å². The van der Waals surface area contributed by atoms with Crippen LogP contribution in [0.3, 0.4) is 0 Å². The lowest BCUT2D eigenvalue weighted by atomic mass is 9.96. The molecule has 2 saturated heterocycles.